The number of hydrogen-bond acceptors (Lipinski definition) is 10. The number of phenolic OH excluding ortho intramolecular Hbond substituents is 1. The smallest absolute Gasteiger partial charge is 0.408 e. The minimum atomic E-state index is -0.840. The molecule has 3 aliphatic rings. The Morgan fingerprint density at radius 2 is 1.75 bits per heavy atom. The van der Waals surface area contributed by atoms with E-state index in [2.05, 4.69) is 25.8 Å². The van der Waals surface area contributed by atoms with Crippen LogP contribution in [0.3, 0.4) is 0 Å². The van der Waals surface area contributed by atoms with Gasteiger partial charge in [-0.2, -0.15) is 0 Å². The summed E-state index contributed by atoms with van der Waals surface area (Å²) >= 11 is 0. The molecule has 13 heteroatoms. The molecular weight excluding hydrogens is 702 g/mol. The first-order valence-corrected chi connectivity index (χ1v) is 18.9. The van der Waals surface area contributed by atoms with Crippen LogP contribution in [0.1, 0.15) is 70.6 Å². The van der Waals surface area contributed by atoms with Gasteiger partial charge in [0.05, 0.1) is 23.9 Å². The van der Waals surface area contributed by atoms with Crippen LogP contribution in [0.15, 0.2) is 100 Å². The Kier molecular flexibility index (Phi) is 12.1. The van der Waals surface area contributed by atoms with E-state index in [1.54, 1.807) is 18.2 Å². The maximum absolute atomic E-state index is 13.2. The number of pyridine rings is 1. The monoisotopic (exact) mass is 749 g/mol. The molecule has 3 atom stereocenters. The van der Waals surface area contributed by atoms with E-state index < -0.39 is 18.2 Å². The van der Waals surface area contributed by atoms with Crippen LogP contribution in [0.2, 0.25) is 0 Å². The zero-order valence-corrected chi connectivity index (χ0v) is 30.5. The van der Waals surface area contributed by atoms with Gasteiger partial charge in [0, 0.05) is 36.7 Å². The quantitative estimate of drug-likeness (QED) is 0.0740. The molecule has 0 aliphatic carbocycles. The number of benzene rings is 3. The predicted octanol–water partition coefficient (Wildman–Crippen LogP) is 5.15. The number of carbonyl (C=O) groups excluding carboxylic acids is 2. The number of fused-ring (bicyclic) bond motifs is 4. The van der Waals surface area contributed by atoms with Crippen molar-refractivity contribution in [1.82, 2.24) is 25.8 Å². The molecule has 0 saturated carbocycles. The summed E-state index contributed by atoms with van der Waals surface area (Å²) in [5.74, 6) is 0.824. The van der Waals surface area contributed by atoms with Crippen molar-refractivity contribution >= 4 is 22.9 Å². The van der Waals surface area contributed by atoms with E-state index in [4.69, 9.17) is 13.9 Å². The van der Waals surface area contributed by atoms with E-state index >= 15 is 0 Å². The molecule has 3 unspecified atom stereocenters. The van der Waals surface area contributed by atoms with E-state index in [9.17, 15) is 24.6 Å². The number of H-pyrrole nitrogens is 1. The lowest BCUT2D eigenvalue weighted by Crippen LogP contribution is -2.52. The van der Waals surface area contributed by atoms with E-state index in [1.807, 2.05) is 54.6 Å². The number of hydrogen-bond donors (Lipinski definition) is 6. The SMILES string of the molecule is O=C(NC(c1ccccc1)c1cccc(OCc2coc(C(=O)NCCCCNCC(O)c3ccc(O)c4[nH]c(=O)ccc34)c2)c1)OC1CN2CCC1CC2. The number of aliphatic hydroxyl groups is 1. The first kappa shape index (κ1) is 37.7. The fourth-order valence-electron chi connectivity index (χ4n) is 7.42. The lowest BCUT2D eigenvalue weighted by molar-refractivity contribution is -0.0336. The van der Waals surface area contributed by atoms with Gasteiger partial charge in [-0.25, -0.2) is 4.79 Å². The number of aromatic nitrogens is 1. The van der Waals surface area contributed by atoms with Gasteiger partial charge < -0.3 is 45.0 Å². The molecule has 5 aromatic rings. The van der Waals surface area contributed by atoms with Crippen LogP contribution in [-0.4, -0.2) is 77.5 Å². The number of aromatic hydroxyl groups is 1. The number of nitrogens with one attached hydrogen (secondary N) is 4. The second-order valence-corrected chi connectivity index (χ2v) is 14.2. The van der Waals surface area contributed by atoms with Gasteiger partial charge in [0.15, 0.2) is 5.76 Å². The van der Waals surface area contributed by atoms with Crippen molar-refractivity contribution in [3.63, 3.8) is 0 Å². The molecule has 8 rings (SSSR count). The minimum Gasteiger partial charge on any atom is -0.506 e. The number of nitrogens with zero attached hydrogens (tertiary/aromatic N) is 1. The highest BCUT2D eigenvalue weighted by Crippen LogP contribution is 2.31. The van der Waals surface area contributed by atoms with Gasteiger partial charge in [0.1, 0.15) is 24.2 Å². The molecule has 2 amide bonds. The van der Waals surface area contributed by atoms with Crippen LogP contribution in [0.25, 0.3) is 10.9 Å². The van der Waals surface area contributed by atoms with Crippen LogP contribution >= 0.6 is 0 Å². The van der Waals surface area contributed by atoms with Gasteiger partial charge in [-0.15, -0.1) is 0 Å². The number of unbranched alkanes of at least 4 members (excludes halogenated alkanes) is 1. The summed E-state index contributed by atoms with van der Waals surface area (Å²) in [7, 11) is 0. The second-order valence-electron chi connectivity index (χ2n) is 14.2. The standard InChI is InChI=1S/C42H47N5O8/c48-34-13-11-32(33-12-14-38(50)45-40(33)34)35(49)23-43-17-4-5-18-44-41(51)36-21-27(26-54-36)25-53-31-10-6-9-30(22-31)39(29-7-2-1-3-8-29)46-42(52)55-37-24-47-19-15-28(37)16-20-47/h1-3,6-14,21-22,26,28,35,37,39,43,48-49H,4-5,15-20,23-25H2,(H,44,51)(H,45,50)(H,46,52). The van der Waals surface area contributed by atoms with Crippen LogP contribution in [0.4, 0.5) is 4.79 Å². The summed E-state index contributed by atoms with van der Waals surface area (Å²) in [6, 6.07) is 24.6. The van der Waals surface area contributed by atoms with Crippen molar-refractivity contribution in [2.45, 2.75) is 50.5 Å². The Labute approximate surface area is 318 Å². The molecule has 3 saturated heterocycles. The average molecular weight is 750 g/mol. The van der Waals surface area contributed by atoms with Crippen LogP contribution in [0, 0.1) is 5.92 Å². The van der Waals surface area contributed by atoms with Crippen molar-refractivity contribution in [3.8, 4) is 11.5 Å². The predicted molar refractivity (Wildman–Crippen MR) is 206 cm³/mol. The molecule has 3 fully saturated rings. The van der Waals surface area contributed by atoms with Gasteiger partial charge in [-0.3, -0.25) is 14.5 Å². The highest BCUT2D eigenvalue weighted by atomic mass is 16.6. The summed E-state index contributed by atoms with van der Waals surface area (Å²) in [5.41, 5.74) is 3.03. The summed E-state index contributed by atoms with van der Waals surface area (Å²) in [4.78, 5) is 42.6. The van der Waals surface area contributed by atoms with Gasteiger partial charge in [-0.05, 0) is 98.3 Å². The molecule has 5 heterocycles. The number of amides is 2. The molecule has 0 radical (unpaired) electrons. The van der Waals surface area contributed by atoms with Crippen LogP contribution < -0.4 is 26.2 Å². The van der Waals surface area contributed by atoms with Gasteiger partial charge in [0.25, 0.3) is 5.91 Å². The lowest BCUT2D eigenvalue weighted by atomic mass is 9.86. The number of carbonyl (C=O) groups is 2. The molecule has 3 aliphatic heterocycles. The van der Waals surface area contributed by atoms with Crippen LogP contribution in [-0.2, 0) is 11.3 Å². The Bertz CT molecular complexity index is 2130. The molecular formula is C42H47N5O8. The highest BCUT2D eigenvalue weighted by Gasteiger charge is 2.37. The zero-order valence-electron chi connectivity index (χ0n) is 30.5. The Morgan fingerprint density at radius 1 is 0.945 bits per heavy atom. The fourth-order valence-corrected chi connectivity index (χ4v) is 7.42. The summed E-state index contributed by atoms with van der Waals surface area (Å²) in [5, 5.41) is 30.6. The topological polar surface area (TPSA) is 178 Å². The summed E-state index contributed by atoms with van der Waals surface area (Å²) in [6.45, 7) is 4.46. The van der Waals surface area contributed by atoms with Crippen LogP contribution in [0.5, 0.6) is 11.5 Å². The average Bonchev–Trinajstić information content (AvgIpc) is 3.69. The third-order valence-corrected chi connectivity index (χ3v) is 10.4. The largest absolute Gasteiger partial charge is 0.506 e. The zero-order chi connectivity index (χ0) is 38.1. The first-order chi connectivity index (χ1) is 26.8. The van der Waals surface area contributed by atoms with Crippen molar-refractivity contribution in [2.75, 3.05) is 39.3 Å². The number of piperidine rings is 3. The number of aromatic amines is 1. The third-order valence-electron chi connectivity index (χ3n) is 10.4. The number of alkyl carbamates (subject to hydrolysis) is 1. The maximum Gasteiger partial charge on any atom is 0.408 e. The highest BCUT2D eigenvalue weighted by molar-refractivity contribution is 5.91. The summed E-state index contributed by atoms with van der Waals surface area (Å²) in [6.07, 6.45) is 3.72. The van der Waals surface area contributed by atoms with Crippen molar-refractivity contribution in [1.29, 1.82) is 0 Å². The molecule has 288 valence electrons. The molecule has 6 N–H and O–H groups in total. The minimum absolute atomic E-state index is 0.0545. The number of rotatable bonds is 16. The van der Waals surface area contributed by atoms with Gasteiger partial charge in [-0.1, -0.05) is 48.5 Å². The van der Waals surface area contributed by atoms with Gasteiger partial charge >= 0.3 is 6.09 Å². The lowest BCUT2D eigenvalue weighted by Gasteiger charge is -2.43. The third kappa shape index (κ3) is 9.55. The molecule has 55 heavy (non-hydrogen) atoms. The molecule has 2 bridgehead atoms. The van der Waals surface area contributed by atoms with E-state index in [1.165, 1.54) is 18.4 Å². The summed E-state index contributed by atoms with van der Waals surface area (Å²) < 4.78 is 17.6. The number of ether oxygens (including phenoxy) is 2. The molecule has 3 aromatic carbocycles. The fraction of sp³-hybridized carbons (Fsp3) is 0.357. The second kappa shape index (κ2) is 17.7. The molecule has 0 spiro atoms. The van der Waals surface area contributed by atoms with E-state index in [-0.39, 0.29) is 42.2 Å². The molecule has 13 nitrogen and oxygen atoms in total. The molecule has 2 aromatic heterocycles. The number of aliphatic hydroxyl groups excluding tert-OH is 1. The Morgan fingerprint density at radius 3 is 2.55 bits per heavy atom. The maximum atomic E-state index is 13.2. The van der Waals surface area contributed by atoms with Crippen molar-refractivity contribution in [2.24, 2.45) is 5.92 Å². The van der Waals surface area contributed by atoms with E-state index in [0.717, 1.165) is 50.0 Å². The van der Waals surface area contributed by atoms with E-state index in [0.29, 0.717) is 53.2 Å². The normalized spacial score (nSPS) is 18.7. The number of furan rings is 1. The number of phenols is 1. The Hall–Kier alpha value is -5.63. The Balaban J connectivity index is 0.849. The van der Waals surface area contributed by atoms with Crippen molar-refractivity contribution in [3.05, 3.63) is 130 Å². The first-order valence-electron chi connectivity index (χ1n) is 18.9. The van der Waals surface area contributed by atoms with Gasteiger partial charge in [0.2, 0.25) is 5.56 Å². The van der Waals surface area contributed by atoms with Crippen molar-refractivity contribution < 1.29 is 33.7 Å².